The van der Waals surface area contributed by atoms with Gasteiger partial charge in [0.05, 0.1) is 21.1 Å². The molecule has 0 aliphatic heterocycles. The predicted molar refractivity (Wildman–Crippen MR) is 121 cm³/mol. The Bertz CT molecular complexity index is 1290. The first kappa shape index (κ1) is 21.5. The van der Waals surface area contributed by atoms with Crippen molar-refractivity contribution in [2.24, 2.45) is 0 Å². The summed E-state index contributed by atoms with van der Waals surface area (Å²) in [5, 5.41) is 2.34. The second kappa shape index (κ2) is 8.78. The minimum Gasteiger partial charge on any atom is -0.479 e. The van der Waals surface area contributed by atoms with Crippen LogP contribution < -0.4 is 4.74 Å². The Kier molecular flexibility index (Phi) is 6.09. The summed E-state index contributed by atoms with van der Waals surface area (Å²) in [5.74, 6) is 0.217. The van der Waals surface area contributed by atoms with Crippen molar-refractivity contribution >= 4 is 32.8 Å². The van der Waals surface area contributed by atoms with Gasteiger partial charge in [-0.3, -0.25) is 0 Å². The first-order valence-corrected chi connectivity index (χ1v) is 12.4. The van der Waals surface area contributed by atoms with E-state index in [-0.39, 0.29) is 10.7 Å². The van der Waals surface area contributed by atoms with E-state index >= 15 is 0 Å². The molecule has 0 aliphatic carbocycles. The maximum absolute atomic E-state index is 13.2. The summed E-state index contributed by atoms with van der Waals surface area (Å²) in [6.45, 7) is 0. The van der Waals surface area contributed by atoms with Crippen molar-refractivity contribution in [1.29, 1.82) is 0 Å². The molecule has 0 spiro atoms. The molecule has 0 radical (unpaired) electrons. The molecule has 0 saturated carbocycles. The average Bonchev–Trinajstić information content (AvgIpc) is 3.27. The summed E-state index contributed by atoms with van der Waals surface area (Å²) < 4.78 is 42.9. The Balaban J connectivity index is 1.65. The largest absolute Gasteiger partial charge is 0.479 e. The number of benzene rings is 3. The van der Waals surface area contributed by atoms with E-state index in [1.165, 1.54) is 29.7 Å². The number of rotatable bonds is 6. The Morgan fingerprint density at radius 1 is 1.03 bits per heavy atom. The molecule has 31 heavy (non-hydrogen) atoms. The maximum Gasteiger partial charge on any atom is 0.175 e. The average molecular weight is 474 g/mol. The van der Waals surface area contributed by atoms with Crippen LogP contribution in [-0.2, 0) is 9.84 Å². The highest BCUT2D eigenvalue weighted by Crippen LogP contribution is 2.35. The lowest BCUT2D eigenvalue weighted by Crippen LogP contribution is -2.10. The van der Waals surface area contributed by atoms with Crippen LogP contribution >= 0.6 is 22.9 Å². The first-order chi connectivity index (χ1) is 14.8. The quantitative estimate of drug-likeness (QED) is 0.336. The summed E-state index contributed by atoms with van der Waals surface area (Å²) in [6, 6.07) is 17.9. The van der Waals surface area contributed by atoms with Crippen LogP contribution in [0.4, 0.5) is 4.39 Å². The van der Waals surface area contributed by atoms with E-state index in [1.54, 1.807) is 54.0 Å². The van der Waals surface area contributed by atoms with Gasteiger partial charge in [0.1, 0.15) is 11.6 Å². The fourth-order valence-corrected chi connectivity index (χ4v) is 4.59. The third-order valence-corrected chi connectivity index (χ3v) is 6.73. The molecule has 0 aliphatic rings. The highest BCUT2D eigenvalue weighted by atomic mass is 35.5. The predicted octanol–water partition coefficient (Wildman–Crippen LogP) is 6.17. The number of aromatic nitrogens is 1. The van der Waals surface area contributed by atoms with Gasteiger partial charge in [-0.25, -0.2) is 17.8 Å². The van der Waals surface area contributed by atoms with Gasteiger partial charge in [0.15, 0.2) is 15.9 Å². The highest BCUT2D eigenvalue weighted by Gasteiger charge is 2.20. The summed E-state index contributed by atoms with van der Waals surface area (Å²) in [6.07, 6.45) is 0.633. The topological polar surface area (TPSA) is 56.3 Å². The molecule has 1 atom stereocenters. The molecule has 3 aromatic carbocycles. The number of hydrogen-bond donors (Lipinski definition) is 0. The lowest BCUT2D eigenvalue weighted by molar-refractivity contribution is 0.243. The van der Waals surface area contributed by atoms with Crippen LogP contribution in [0.25, 0.3) is 11.1 Å². The summed E-state index contributed by atoms with van der Waals surface area (Å²) >= 11 is 7.92. The Morgan fingerprint density at radius 3 is 2.32 bits per heavy atom. The monoisotopic (exact) mass is 473 g/mol. The minimum absolute atomic E-state index is 0.236. The zero-order valence-corrected chi connectivity index (χ0v) is 18.7. The van der Waals surface area contributed by atoms with Crippen LogP contribution in [0.3, 0.4) is 0 Å². The molecule has 1 heterocycles. The molecular weight excluding hydrogens is 457 g/mol. The molecule has 0 amide bonds. The van der Waals surface area contributed by atoms with Crippen molar-refractivity contribution in [2.45, 2.75) is 11.0 Å². The SMILES string of the molecule is CS(=O)(=O)c1ccc(C(Oc2ccc(-c3ccc(F)cc3)c(Cl)c2)c2cscn2)cc1. The molecule has 1 unspecified atom stereocenters. The molecule has 0 N–H and O–H groups in total. The van der Waals surface area contributed by atoms with Gasteiger partial charge < -0.3 is 4.74 Å². The molecule has 0 saturated heterocycles. The van der Waals surface area contributed by atoms with Gasteiger partial charge in [-0.1, -0.05) is 35.9 Å². The zero-order chi connectivity index (χ0) is 22.0. The number of thiazole rings is 1. The fraction of sp³-hybridized carbons (Fsp3) is 0.0870. The number of hydrogen-bond acceptors (Lipinski definition) is 5. The van der Waals surface area contributed by atoms with Gasteiger partial charge in [-0.05, 0) is 53.6 Å². The first-order valence-electron chi connectivity index (χ1n) is 9.21. The Hall–Kier alpha value is -2.74. The van der Waals surface area contributed by atoms with E-state index in [9.17, 15) is 12.8 Å². The second-order valence-corrected chi connectivity index (χ2v) is 10.0. The minimum atomic E-state index is -3.29. The van der Waals surface area contributed by atoms with E-state index < -0.39 is 15.9 Å². The molecule has 0 fully saturated rings. The second-order valence-electron chi connectivity index (χ2n) is 6.90. The molecule has 4 aromatic rings. The summed E-state index contributed by atoms with van der Waals surface area (Å²) in [5.41, 5.74) is 4.73. The van der Waals surface area contributed by atoms with Crippen molar-refractivity contribution in [2.75, 3.05) is 6.26 Å². The molecule has 158 valence electrons. The van der Waals surface area contributed by atoms with Gasteiger partial charge in [0.2, 0.25) is 0 Å². The van der Waals surface area contributed by atoms with Crippen LogP contribution in [0.2, 0.25) is 5.02 Å². The van der Waals surface area contributed by atoms with Crippen molar-refractivity contribution in [1.82, 2.24) is 4.98 Å². The number of sulfone groups is 1. The molecule has 4 nitrogen and oxygen atoms in total. The van der Waals surface area contributed by atoms with Crippen molar-refractivity contribution < 1.29 is 17.5 Å². The van der Waals surface area contributed by atoms with Gasteiger partial charge >= 0.3 is 0 Å². The van der Waals surface area contributed by atoms with Crippen molar-refractivity contribution in [3.63, 3.8) is 0 Å². The van der Waals surface area contributed by atoms with Gasteiger partial charge in [0.25, 0.3) is 0 Å². The van der Waals surface area contributed by atoms with Gasteiger partial charge in [0, 0.05) is 17.2 Å². The number of nitrogens with zero attached hydrogens (tertiary/aromatic N) is 1. The van der Waals surface area contributed by atoms with Crippen LogP contribution in [0.5, 0.6) is 5.75 Å². The molecule has 8 heteroatoms. The van der Waals surface area contributed by atoms with Crippen LogP contribution in [0.1, 0.15) is 17.4 Å². The summed E-state index contributed by atoms with van der Waals surface area (Å²) in [7, 11) is -3.29. The molecule has 4 rings (SSSR count). The lowest BCUT2D eigenvalue weighted by atomic mass is 10.0. The van der Waals surface area contributed by atoms with E-state index in [2.05, 4.69) is 4.98 Å². The van der Waals surface area contributed by atoms with Crippen molar-refractivity contribution in [3.8, 4) is 16.9 Å². The maximum atomic E-state index is 13.2. The van der Waals surface area contributed by atoms with Crippen LogP contribution in [0, 0.1) is 5.82 Å². The molecule has 1 aromatic heterocycles. The fourth-order valence-electron chi connectivity index (χ4n) is 3.11. The lowest BCUT2D eigenvalue weighted by Gasteiger charge is -2.19. The Labute approximate surface area is 188 Å². The van der Waals surface area contributed by atoms with Crippen LogP contribution in [-0.4, -0.2) is 19.7 Å². The van der Waals surface area contributed by atoms with Gasteiger partial charge in [-0.2, -0.15) is 0 Å². The zero-order valence-electron chi connectivity index (χ0n) is 16.3. The van der Waals surface area contributed by atoms with E-state index in [1.807, 2.05) is 11.4 Å². The van der Waals surface area contributed by atoms with E-state index in [0.717, 1.165) is 16.7 Å². The van der Waals surface area contributed by atoms with Crippen LogP contribution in [0.15, 0.2) is 82.5 Å². The third kappa shape index (κ3) is 4.95. The normalized spacial score (nSPS) is 12.5. The molecular formula is C23H17ClFNO3S2. The van der Waals surface area contributed by atoms with Gasteiger partial charge in [-0.15, -0.1) is 11.3 Å². The van der Waals surface area contributed by atoms with E-state index in [0.29, 0.717) is 16.5 Å². The third-order valence-electron chi connectivity index (χ3n) is 4.68. The van der Waals surface area contributed by atoms with E-state index in [4.69, 9.17) is 16.3 Å². The number of ether oxygens (including phenoxy) is 1. The highest BCUT2D eigenvalue weighted by molar-refractivity contribution is 7.90. The van der Waals surface area contributed by atoms with Crippen molar-refractivity contribution in [3.05, 3.63) is 99.7 Å². The Morgan fingerprint density at radius 2 is 1.74 bits per heavy atom. The number of halogens is 2. The summed E-state index contributed by atoms with van der Waals surface area (Å²) in [4.78, 5) is 4.60. The smallest absolute Gasteiger partial charge is 0.175 e. The molecule has 0 bridgehead atoms. The standard InChI is InChI=1S/C23H17ClFNO3S2/c1-31(27,28)19-9-4-16(5-10-19)23(22-13-30-14-26-22)29-18-8-11-20(21(24)12-18)15-2-6-17(25)7-3-15/h2-14,23H,1H3.